The van der Waals surface area contributed by atoms with Gasteiger partial charge in [-0.05, 0) is 74.5 Å². The molecule has 3 aliphatic rings. The van der Waals surface area contributed by atoms with Crippen molar-refractivity contribution in [2.45, 2.75) is 75.3 Å². The van der Waals surface area contributed by atoms with Crippen LogP contribution >= 0.6 is 0 Å². The third-order valence-electron chi connectivity index (χ3n) is 8.42. The highest BCUT2D eigenvalue weighted by Gasteiger charge is 2.43. The zero-order chi connectivity index (χ0) is 26.4. The summed E-state index contributed by atoms with van der Waals surface area (Å²) in [4.78, 5) is 30.2. The molecule has 5 rings (SSSR count). The lowest BCUT2D eigenvalue weighted by molar-refractivity contribution is -0.144. The van der Waals surface area contributed by atoms with Crippen molar-refractivity contribution >= 4 is 17.7 Å². The van der Waals surface area contributed by atoms with Gasteiger partial charge in [0.2, 0.25) is 5.91 Å². The van der Waals surface area contributed by atoms with Crippen LogP contribution in [0.4, 0.5) is 5.82 Å². The van der Waals surface area contributed by atoms with Gasteiger partial charge in [-0.1, -0.05) is 36.4 Å². The highest BCUT2D eigenvalue weighted by atomic mass is 16.5. The number of nitrogens with one attached hydrogen (secondary N) is 2. The fourth-order valence-corrected chi connectivity index (χ4v) is 5.94. The Balaban J connectivity index is 1.06. The van der Waals surface area contributed by atoms with E-state index in [4.69, 9.17) is 14.5 Å². The molecular weight excluding hydrogens is 482 g/mol. The predicted octanol–water partition coefficient (Wildman–Crippen LogP) is 3.88. The predicted molar refractivity (Wildman–Crippen MR) is 144 cm³/mol. The number of aliphatic carboxylic acids is 1. The highest BCUT2D eigenvalue weighted by molar-refractivity contribution is 5.91. The molecule has 2 aromatic rings. The summed E-state index contributed by atoms with van der Waals surface area (Å²) >= 11 is 0. The highest BCUT2D eigenvalue weighted by Crippen LogP contribution is 2.36. The van der Waals surface area contributed by atoms with Gasteiger partial charge in [-0.15, -0.1) is 0 Å². The number of carbonyl (C=O) groups is 2. The summed E-state index contributed by atoms with van der Waals surface area (Å²) in [7, 11) is 0. The number of fused-ring (bicyclic) bond motifs is 1. The number of benzene rings is 1. The fourth-order valence-electron chi connectivity index (χ4n) is 5.94. The number of carboxylic acids is 1. The number of rotatable bonds is 11. The molecule has 1 saturated heterocycles. The minimum atomic E-state index is -1.03. The number of aryl methyl sites for hydroxylation is 2. The molecule has 8 nitrogen and oxygen atoms in total. The van der Waals surface area contributed by atoms with Crippen LogP contribution in [0.1, 0.15) is 61.8 Å². The molecule has 1 aromatic carbocycles. The Morgan fingerprint density at radius 2 is 1.95 bits per heavy atom. The smallest absolute Gasteiger partial charge is 0.326 e. The van der Waals surface area contributed by atoms with E-state index in [0.717, 1.165) is 55.7 Å². The molecule has 0 bridgehead atoms. The van der Waals surface area contributed by atoms with Gasteiger partial charge in [-0.2, -0.15) is 0 Å². The summed E-state index contributed by atoms with van der Waals surface area (Å²) in [6.07, 6.45) is 7.78. The SMILES string of the molecule is O=C(O)C(CCO[C@H]1C[C@H](CCc2ccc3c(n2)NCCC3)C1)NC(=O)C1(c2ccccc2)CCOCC1. The molecule has 1 aliphatic carbocycles. The van der Waals surface area contributed by atoms with Gasteiger partial charge in [0.05, 0.1) is 11.5 Å². The number of anilines is 1. The van der Waals surface area contributed by atoms with Crippen LogP contribution in [0.5, 0.6) is 0 Å². The number of hydrogen-bond donors (Lipinski definition) is 3. The van der Waals surface area contributed by atoms with Crippen molar-refractivity contribution in [2.75, 3.05) is 31.7 Å². The van der Waals surface area contributed by atoms with Crippen LogP contribution in [-0.4, -0.2) is 60.5 Å². The van der Waals surface area contributed by atoms with Crippen LogP contribution in [0.3, 0.4) is 0 Å². The van der Waals surface area contributed by atoms with Gasteiger partial charge in [-0.3, -0.25) is 4.79 Å². The summed E-state index contributed by atoms with van der Waals surface area (Å²) in [5.41, 5.74) is 2.60. The quantitative estimate of drug-likeness (QED) is 0.412. The summed E-state index contributed by atoms with van der Waals surface area (Å²) < 4.78 is 11.5. The van der Waals surface area contributed by atoms with Crippen LogP contribution in [0.25, 0.3) is 0 Å². The molecule has 1 amide bonds. The average molecular weight is 522 g/mol. The minimum absolute atomic E-state index is 0.162. The number of amides is 1. The third kappa shape index (κ3) is 6.18. The Hall–Kier alpha value is -2.97. The standard InChI is InChI=1S/C30H39N3O5/c34-28(35)26(33-29(36)30(13-17-37-18-14-30)23-6-2-1-3-7-23)12-16-38-25-19-21(20-25)8-10-24-11-9-22-5-4-15-31-27(22)32-24/h1-3,6-7,9,11,21,25-26H,4-5,8,10,12-20H2,(H,31,32)(H,33,36)(H,34,35)/t21-,25-,26?. The lowest BCUT2D eigenvalue weighted by Gasteiger charge is -2.37. The number of hydrogen-bond acceptors (Lipinski definition) is 6. The van der Waals surface area contributed by atoms with Gasteiger partial charge in [0.25, 0.3) is 0 Å². The molecule has 1 aromatic heterocycles. The van der Waals surface area contributed by atoms with E-state index in [0.29, 0.717) is 38.6 Å². The molecular formula is C30H39N3O5. The van der Waals surface area contributed by atoms with E-state index < -0.39 is 17.4 Å². The number of pyridine rings is 1. The zero-order valence-electron chi connectivity index (χ0n) is 22.0. The largest absolute Gasteiger partial charge is 0.480 e. The van der Waals surface area contributed by atoms with E-state index >= 15 is 0 Å². The molecule has 2 fully saturated rings. The topological polar surface area (TPSA) is 110 Å². The van der Waals surface area contributed by atoms with Crippen LogP contribution < -0.4 is 10.6 Å². The first-order valence-corrected chi connectivity index (χ1v) is 14.0. The van der Waals surface area contributed by atoms with E-state index in [-0.39, 0.29) is 18.4 Å². The monoisotopic (exact) mass is 521 g/mol. The number of ether oxygens (including phenoxy) is 2. The maximum absolute atomic E-state index is 13.4. The zero-order valence-corrected chi connectivity index (χ0v) is 22.0. The number of carboxylic acid groups (broad SMARTS) is 1. The summed E-state index contributed by atoms with van der Waals surface area (Å²) in [6.45, 7) is 2.27. The van der Waals surface area contributed by atoms with Gasteiger partial charge in [0, 0.05) is 38.5 Å². The van der Waals surface area contributed by atoms with Gasteiger partial charge >= 0.3 is 5.97 Å². The molecule has 0 spiro atoms. The van der Waals surface area contributed by atoms with Crippen molar-refractivity contribution in [2.24, 2.45) is 5.92 Å². The van der Waals surface area contributed by atoms with Crippen molar-refractivity contribution in [1.29, 1.82) is 0 Å². The van der Waals surface area contributed by atoms with Gasteiger partial charge in [0.1, 0.15) is 11.9 Å². The molecule has 38 heavy (non-hydrogen) atoms. The number of aromatic nitrogens is 1. The second-order valence-corrected chi connectivity index (χ2v) is 10.9. The first-order chi connectivity index (χ1) is 18.5. The van der Waals surface area contributed by atoms with Crippen molar-refractivity contribution in [3.05, 3.63) is 59.3 Å². The first kappa shape index (κ1) is 26.6. The van der Waals surface area contributed by atoms with Crippen molar-refractivity contribution < 1.29 is 24.2 Å². The van der Waals surface area contributed by atoms with Crippen molar-refractivity contribution in [3.8, 4) is 0 Å². The number of nitrogens with zero attached hydrogens (tertiary/aromatic N) is 1. The van der Waals surface area contributed by atoms with E-state index in [9.17, 15) is 14.7 Å². The van der Waals surface area contributed by atoms with Crippen molar-refractivity contribution in [3.63, 3.8) is 0 Å². The molecule has 1 unspecified atom stereocenters. The van der Waals surface area contributed by atoms with Gasteiger partial charge < -0.3 is 25.2 Å². The van der Waals surface area contributed by atoms with Gasteiger partial charge in [-0.25, -0.2) is 9.78 Å². The molecule has 1 atom stereocenters. The van der Waals surface area contributed by atoms with Crippen LogP contribution in [0.15, 0.2) is 42.5 Å². The van der Waals surface area contributed by atoms with Crippen LogP contribution in [0, 0.1) is 5.92 Å². The summed E-state index contributed by atoms with van der Waals surface area (Å²) in [5.74, 6) is 0.389. The Kier molecular flexibility index (Phi) is 8.59. The Labute approximate surface area is 224 Å². The maximum Gasteiger partial charge on any atom is 0.326 e. The lowest BCUT2D eigenvalue weighted by atomic mass is 9.73. The van der Waals surface area contributed by atoms with E-state index in [2.05, 4.69) is 22.8 Å². The first-order valence-electron chi connectivity index (χ1n) is 14.0. The molecule has 204 valence electrons. The Morgan fingerprint density at radius 1 is 1.16 bits per heavy atom. The Bertz CT molecular complexity index is 1100. The molecule has 0 radical (unpaired) electrons. The van der Waals surface area contributed by atoms with Gasteiger partial charge in [0.15, 0.2) is 0 Å². The van der Waals surface area contributed by atoms with E-state index in [1.165, 1.54) is 12.0 Å². The molecule has 3 N–H and O–H groups in total. The average Bonchev–Trinajstić information content (AvgIpc) is 2.93. The second-order valence-electron chi connectivity index (χ2n) is 10.9. The van der Waals surface area contributed by atoms with Crippen molar-refractivity contribution in [1.82, 2.24) is 10.3 Å². The normalized spacial score (nSPS) is 22.8. The number of carbonyl (C=O) groups excluding carboxylic acids is 1. The maximum atomic E-state index is 13.4. The minimum Gasteiger partial charge on any atom is -0.480 e. The summed E-state index contributed by atoms with van der Waals surface area (Å²) in [6, 6.07) is 13.0. The lowest BCUT2D eigenvalue weighted by Crippen LogP contribution is -2.53. The molecule has 2 aliphatic heterocycles. The summed E-state index contributed by atoms with van der Waals surface area (Å²) in [5, 5.41) is 16.0. The second kappa shape index (κ2) is 12.3. The fraction of sp³-hybridized carbons (Fsp3) is 0.567. The van der Waals surface area contributed by atoms with E-state index in [1.54, 1.807) is 0 Å². The third-order valence-corrected chi connectivity index (χ3v) is 8.42. The van der Waals surface area contributed by atoms with Crippen LogP contribution in [0.2, 0.25) is 0 Å². The molecule has 1 saturated carbocycles. The van der Waals surface area contributed by atoms with Crippen LogP contribution in [-0.2, 0) is 37.3 Å². The Morgan fingerprint density at radius 3 is 2.71 bits per heavy atom. The molecule has 8 heteroatoms. The van der Waals surface area contributed by atoms with E-state index in [1.807, 2.05) is 30.3 Å². The molecule has 3 heterocycles.